The summed E-state index contributed by atoms with van der Waals surface area (Å²) in [7, 11) is 0. The molecule has 9 N–H and O–H groups in total. The SMILES string of the molecule is NC(=O)CCC(NC(=O)C(N)CS)C(=O)N1CCCC1C(=O)NC(CC(N)=O)C(=O)O. The number of carboxylic acids is 1. The number of amides is 5. The van der Waals surface area contributed by atoms with E-state index in [4.69, 9.17) is 22.3 Å². The third-order valence-electron chi connectivity index (χ3n) is 4.69. The zero-order chi connectivity index (χ0) is 23.7. The first-order valence-electron chi connectivity index (χ1n) is 9.55. The van der Waals surface area contributed by atoms with E-state index in [2.05, 4.69) is 23.3 Å². The lowest BCUT2D eigenvalue weighted by Crippen LogP contribution is -2.57. The summed E-state index contributed by atoms with van der Waals surface area (Å²) in [5.74, 6) is -5.10. The van der Waals surface area contributed by atoms with Crippen LogP contribution in [0.3, 0.4) is 0 Å². The van der Waals surface area contributed by atoms with Crippen LogP contribution in [0.5, 0.6) is 0 Å². The van der Waals surface area contributed by atoms with Gasteiger partial charge in [-0.2, -0.15) is 12.6 Å². The number of thiol groups is 1. The van der Waals surface area contributed by atoms with Gasteiger partial charge in [0.15, 0.2) is 0 Å². The number of primary amides is 2. The molecule has 31 heavy (non-hydrogen) atoms. The van der Waals surface area contributed by atoms with Crippen molar-refractivity contribution in [1.82, 2.24) is 15.5 Å². The van der Waals surface area contributed by atoms with Gasteiger partial charge in [0.05, 0.1) is 12.5 Å². The molecule has 5 amide bonds. The van der Waals surface area contributed by atoms with Crippen molar-refractivity contribution in [2.45, 2.75) is 56.3 Å². The van der Waals surface area contributed by atoms with Crippen LogP contribution in [0.2, 0.25) is 0 Å². The number of nitrogens with one attached hydrogen (secondary N) is 2. The van der Waals surface area contributed by atoms with Gasteiger partial charge in [0, 0.05) is 18.7 Å². The second-order valence-corrected chi connectivity index (χ2v) is 7.48. The van der Waals surface area contributed by atoms with Crippen molar-refractivity contribution in [3.8, 4) is 0 Å². The Kier molecular flexibility index (Phi) is 10.2. The summed E-state index contributed by atoms with van der Waals surface area (Å²) in [6, 6.07) is -4.72. The van der Waals surface area contributed by atoms with Gasteiger partial charge in [-0.3, -0.25) is 24.0 Å². The summed E-state index contributed by atoms with van der Waals surface area (Å²) >= 11 is 3.93. The molecule has 4 atom stereocenters. The first-order valence-corrected chi connectivity index (χ1v) is 10.2. The van der Waals surface area contributed by atoms with Gasteiger partial charge in [0.1, 0.15) is 18.1 Å². The van der Waals surface area contributed by atoms with E-state index in [1.54, 1.807) is 0 Å². The molecule has 1 rings (SSSR count). The zero-order valence-electron chi connectivity index (χ0n) is 16.8. The molecule has 0 aromatic rings. The van der Waals surface area contributed by atoms with Crippen LogP contribution in [0.1, 0.15) is 32.1 Å². The second kappa shape index (κ2) is 12.1. The van der Waals surface area contributed by atoms with Gasteiger partial charge in [-0.15, -0.1) is 0 Å². The molecule has 1 aliphatic heterocycles. The predicted molar refractivity (Wildman–Crippen MR) is 110 cm³/mol. The summed E-state index contributed by atoms with van der Waals surface area (Å²) < 4.78 is 0. The van der Waals surface area contributed by atoms with Crippen molar-refractivity contribution < 1.29 is 33.9 Å². The van der Waals surface area contributed by atoms with E-state index in [0.29, 0.717) is 6.42 Å². The zero-order valence-corrected chi connectivity index (χ0v) is 17.7. The first-order chi connectivity index (χ1) is 14.5. The molecule has 174 valence electrons. The van der Waals surface area contributed by atoms with E-state index < -0.39 is 66.1 Å². The number of likely N-dealkylation sites (tertiary alicyclic amines) is 1. The molecule has 1 heterocycles. The van der Waals surface area contributed by atoms with E-state index in [-0.39, 0.29) is 31.6 Å². The Morgan fingerprint density at radius 3 is 2.23 bits per heavy atom. The summed E-state index contributed by atoms with van der Waals surface area (Å²) in [6.07, 6.45) is -0.224. The van der Waals surface area contributed by atoms with Gasteiger partial charge in [-0.1, -0.05) is 0 Å². The average Bonchev–Trinajstić information content (AvgIpc) is 3.18. The fraction of sp³-hybridized carbons (Fsp3) is 0.647. The Bertz CT molecular complexity index is 734. The maximum atomic E-state index is 13.0. The number of carbonyl (C=O) groups excluding carboxylic acids is 5. The summed E-state index contributed by atoms with van der Waals surface area (Å²) in [4.78, 5) is 72.4. The highest BCUT2D eigenvalue weighted by atomic mass is 32.1. The molecule has 4 unspecified atom stereocenters. The quantitative estimate of drug-likeness (QED) is 0.144. The molecule has 0 aliphatic carbocycles. The van der Waals surface area contributed by atoms with Gasteiger partial charge in [0.2, 0.25) is 29.5 Å². The van der Waals surface area contributed by atoms with Crippen LogP contribution >= 0.6 is 12.6 Å². The van der Waals surface area contributed by atoms with Crippen molar-refractivity contribution in [2.75, 3.05) is 12.3 Å². The smallest absolute Gasteiger partial charge is 0.326 e. The van der Waals surface area contributed by atoms with Gasteiger partial charge in [0.25, 0.3) is 0 Å². The average molecular weight is 461 g/mol. The van der Waals surface area contributed by atoms with Gasteiger partial charge >= 0.3 is 5.97 Å². The number of nitrogens with zero attached hydrogens (tertiary/aromatic N) is 1. The van der Waals surface area contributed by atoms with E-state index in [0.717, 1.165) is 0 Å². The number of hydrogen-bond acceptors (Lipinski definition) is 8. The molecule has 1 saturated heterocycles. The Morgan fingerprint density at radius 2 is 1.71 bits per heavy atom. The molecule has 0 saturated carbocycles. The van der Waals surface area contributed by atoms with E-state index in [1.165, 1.54) is 4.90 Å². The molecular weight excluding hydrogens is 432 g/mol. The number of rotatable bonds is 12. The summed E-state index contributed by atoms with van der Waals surface area (Å²) in [6.45, 7) is 0.173. The number of carbonyl (C=O) groups is 6. The minimum atomic E-state index is -1.54. The minimum absolute atomic E-state index is 0.0216. The molecule has 0 aromatic carbocycles. The third-order valence-corrected chi connectivity index (χ3v) is 5.08. The number of carboxylic acid groups (broad SMARTS) is 1. The lowest BCUT2D eigenvalue weighted by Gasteiger charge is -2.29. The number of nitrogens with two attached hydrogens (primary N) is 3. The Morgan fingerprint density at radius 1 is 1.06 bits per heavy atom. The normalized spacial score (nSPS) is 18.5. The molecule has 0 spiro atoms. The summed E-state index contributed by atoms with van der Waals surface area (Å²) in [5.41, 5.74) is 15.8. The molecule has 1 fully saturated rings. The predicted octanol–water partition coefficient (Wildman–Crippen LogP) is -3.57. The monoisotopic (exact) mass is 460 g/mol. The van der Waals surface area contributed by atoms with Crippen LogP contribution in [-0.4, -0.2) is 82.0 Å². The van der Waals surface area contributed by atoms with Crippen molar-refractivity contribution in [3.63, 3.8) is 0 Å². The van der Waals surface area contributed by atoms with Crippen molar-refractivity contribution in [2.24, 2.45) is 17.2 Å². The van der Waals surface area contributed by atoms with Crippen LogP contribution in [-0.2, 0) is 28.8 Å². The molecule has 0 aromatic heterocycles. The Labute approximate surface area is 183 Å². The number of hydrogen-bond donors (Lipinski definition) is 7. The van der Waals surface area contributed by atoms with Gasteiger partial charge in [-0.25, -0.2) is 4.79 Å². The largest absolute Gasteiger partial charge is 0.480 e. The van der Waals surface area contributed by atoms with E-state index in [1.807, 2.05) is 0 Å². The molecule has 13 nitrogen and oxygen atoms in total. The van der Waals surface area contributed by atoms with Crippen molar-refractivity contribution >= 4 is 48.1 Å². The van der Waals surface area contributed by atoms with Crippen LogP contribution in [0.15, 0.2) is 0 Å². The maximum absolute atomic E-state index is 13.0. The lowest BCUT2D eigenvalue weighted by molar-refractivity contribution is -0.146. The summed E-state index contributed by atoms with van der Waals surface area (Å²) in [5, 5.41) is 13.8. The third kappa shape index (κ3) is 8.05. The fourth-order valence-corrected chi connectivity index (χ4v) is 3.24. The number of aliphatic carboxylic acids is 1. The minimum Gasteiger partial charge on any atom is -0.480 e. The highest BCUT2D eigenvalue weighted by Crippen LogP contribution is 2.20. The Hall–Kier alpha value is -2.87. The standard InChI is InChI=1S/C17H28N6O7S/c18-8(7-31)14(26)21-9(3-4-12(19)24)16(28)23-5-1-2-11(23)15(27)22-10(17(29)30)6-13(20)25/h8-11,31H,1-7,18H2,(H2,19,24)(H2,20,25)(H,21,26)(H,22,27)(H,29,30). The van der Waals surface area contributed by atoms with Crippen LogP contribution in [0, 0.1) is 0 Å². The molecule has 0 bridgehead atoms. The molecule has 0 radical (unpaired) electrons. The fourth-order valence-electron chi connectivity index (χ4n) is 3.08. The van der Waals surface area contributed by atoms with Crippen LogP contribution in [0.25, 0.3) is 0 Å². The van der Waals surface area contributed by atoms with Crippen molar-refractivity contribution in [3.05, 3.63) is 0 Å². The van der Waals surface area contributed by atoms with E-state index in [9.17, 15) is 28.8 Å². The molecule has 1 aliphatic rings. The second-order valence-electron chi connectivity index (χ2n) is 7.11. The Balaban J connectivity index is 2.97. The molecule has 14 heteroatoms. The van der Waals surface area contributed by atoms with E-state index >= 15 is 0 Å². The van der Waals surface area contributed by atoms with Crippen LogP contribution < -0.4 is 27.8 Å². The lowest BCUT2D eigenvalue weighted by atomic mass is 10.1. The maximum Gasteiger partial charge on any atom is 0.326 e. The van der Waals surface area contributed by atoms with Gasteiger partial charge in [-0.05, 0) is 19.3 Å². The first kappa shape index (κ1) is 26.2. The topological polar surface area (TPSA) is 228 Å². The molecular formula is C17H28N6O7S. The van der Waals surface area contributed by atoms with Gasteiger partial charge < -0.3 is 37.8 Å². The van der Waals surface area contributed by atoms with Crippen molar-refractivity contribution in [1.29, 1.82) is 0 Å². The highest BCUT2D eigenvalue weighted by Gasteiger charge is 2.39. The highest BCUT2D eigenvalue weighted by molar-refractivity contribution is 7.80. The van der Waals surface area contributed by atoms with Crippen LogP contribution in [0.4, 0.5) is 0 Å².